The zero-order chi connectivity index (χ0) is 9.84. The molecule has 0 spiro atoms. The van der Waals surface area contributed by atoms with Gasteiger partial charge in [-0.15, -0.1) is 11.3 Å². The molecule has 0 bridgehead atoms. The van der Waals surface area contributed by atoms with Crippen molar-refractivity contribution in [2.45, 2.75) is 25.9 Å². The minimum atomic E-state index is -0.218. The molecule has 13 heavy (non-hydrogen) atoms. The number of hydrogen-bond acceptors (Lipinski definition) is 4. The molecule has 0 aliphatic heterocycles. The summed E-state index contributed by atoms with van der Waals surface area (Å²) in [4.78, 5) is 7.49. The van der Waals surface area contributed by atoms with Gasteiger partial charge in [-0.25, -0.2) is 4.98 Å². The summed E-state index contributed by atoms with van der Waals surface area (Å²) < 4.78 is 0. The van der Waals surface area contributed by atoms with Gasteiger partial charge in [-0.1, -0.05) is 0 Å². The van der Waals surface area contributed by atoms with E-state index in [0.717, 1.165) is 18.0 Å². The van der Waals surface area contributed by atoms with Crippen LogP contribution in [-0.2, 0) is 6.42 Å². The quantitative estimate of drug-likeness (QED) is 0.800. The molecule has 1 aromatic rings. The molecular weight excluding hydrogens is 184 g/mol. The van der Waals surface area contributed by atoms with E-state index in [1.165, 1.54) is 4.88 Å². The number of anilines is 1. The van der Waals surface area contributed by atoms with Crippen LogP contribution in [0.4, 0.5) is 5.13 Å². The fourth-order valence-corrected chi connectivity index (χ4v) is 1.82. The Labute approximate surface area is 83.0 Å². The molecule has 0 aromatic carbocycles. The van der Waals surface area contributed by atoms with Crippen molar-refractivity contribution >= 4 is 16.5 Å². The van der Waals surface area contributed by atoms with Gasteiger partial charge in [0.05, 0.1) is 6.10 Å². The number of nitrogens with zero attached hydrogens (tertiary/aromatic N) is 2. The van der Waals surface area contributed by atoms with Gasteiger partial charge < -0.3 is 10.0 Å². The van der Waals surface area contributed by atoms with Gasteiger partial charge in [0.15, 0.2) is 5.13 Å². The standard InChI is InChI=1S/C9H16N2OS/c1-7(12)4-5-8-6-10-9(13-8)11(2)3/h6-7,12H,4-5H2,1-3H3/t7-/m1/s1. The van der Waals surface area contributed by atoms with Gasteiger partial charge in [0.1, 0.15) is 0 Å². The molecule has 1 rings (SSSR count). The third-order valence-electron chi connectivity index (χ3n) is 1.73. The number of thiazole rings is 1. The van der Waals surface area contributed by atoms with Crippen LogP contribution in [0.3, 0.4) is 0 Å². The van der Waals surface area contributed by atoms with Gasteiger partial charge in [0, 0.05) is 25.2 Å². The first kappa shape index (κ1) is 10.5. The molecule has 0 amide bonds. The topological polar surface area (TPSA) is 36.4 Å². The fourth-order valence-electron chi connectivity index (χ4n) is 0.971. The number of aliphatic hydroxyl groups excluding tert-OH is 1. The summed E-state index contributed by atoms with van der Waals surface area (Å²) in [5.74, 6) is 0. The molecule has 0 fully saturated rings. The maximum Gasteiger partial charge on any atom is 0.184 e. The summed E-state index contributed by atoms with van der Waals surface area (Å²) >= 11 is 1.69. The summed E-state index contributed by atoms with van der Waals surface area (Å²) in [7, 11) is 3.97. The van der Waals surface area contributed by atoms with Crippen molar-refractivity contribution in [1.82, 2.24) is 4.98 Å². The zero-order valence-electron chi connectivity index (χ0n) is 8.32. The first-order chi connectivity index (χ1) is 6.09. The maximum absolute atomic E-state index is 9.10. The van der Waals surface area contributed by atoms with Gasteiger partial charge in [-0.05, 0) is 19.8 Å². The molecule has 1 heterocycles. The van der Waals surface area contributed by atoms with Gasteiger partial charge in [-0.3, -0.25) is 0 Å². The zero-order valence-corrected chi connectivity index (χ0v) is 9.14. The number of aromatic nitrogens is 1. The second kappa shape index (κ2) is 4.58. The van der Waals surface area contributed by atoms with Gasteiger partial charge in [-0.2, -0.15) is 0 Å². The van der Waals surface area contributed by atoms with Crippen molar-refractivity contribution in [3.63, 3.8) is 0 Å². The van der Waals surface area contributed by atoms with E-state index < -0.39 is 0 Å². The minimum Gasteiger partial charge on any atom is -0.393 e. The SMILES string of the molecule is C[C@@H](O)CCc1cnc(N(C)C)s1. The molecular formula is C9H16N2OS. The van der Waals surface area contributed by atoms with Crippen LogP contribution < -0.4 is 4.90 Å². The number of rotatable bonds is 4. The van der Waals surface area contributed by atoms with E-state index in [1.807, 2.05) is 32.1 Å². The highest BCUT2D eigenvalue weighted by Crippen LogP contribution is 2.21. The summed E-state index contributed by atoms with van der Waals surface area (Å²) in [6, 6.07) is 0. The van der Waals surface area contributed by atoms with E-state index in [9.17, 15) is 0 Å². The van der Waals surface area contributed by atoms with Crippen LogP contribution >= 0.6 is 11.3 Å². The van der Waals surface area contributed by atoms with E-state index in [4.69, 9.17) is 5.11 Å². The Hall–Kier alpha value is -0.610. The Morgan fingerprint density at radius 1 is 1.62 bits per heavy atom. The summed E-state index contributed by atoms with van der Waals surface area (Å²) in [5, 5.41) is 10.1. The second-order valence-electron chi connectivity index (χ2n) is 3.39. The van der Waals surface area contributed by atoms with Crippen LogP contribution in [-0.4, -0.2) is 30.3 Å². The normalized spacial score (nSPS) is 12.9. The predicted molar refractivity (Wildman–Crippen MR) is 56.4 cm³/mol. The monoisotopic (exact) mass is 200 g/mol. The molecule has 0 radical (unpaired) electrons. The highest BCUT2D eigenvalue weighted by molar-refractivity contribution is 7.15. The van der Waals surface area contributed by atoms with Crippen molar-refractivity contribution in [1.29, 1.82) is 0 Å². The largest absolute Gasteiger partial charge is 0.393 e. The average molecular weight is 200 g/mol. The predicted octanol–water partition coefficient (Wildman–Crippen LogP) is 1.52. The van der Waals surface area contributed by atoms with E-state index >= 15 is 0 Å². The second-order valence-corrected chi connectivity index (χ2v) is 4.48. The summed E-state index contributed by atoms with van der Waals surface area (Å²) in [6.45, 7) is 1.81. The third kappa shape index (κ3) is 3.32. The number of hydrogen-bond donors (Lipinski definition) is 1. The minimum absolute atomic E-state index is 0.218. The molecule has 0 saturated heterocycles. The summed E-state index contributed by atoms with van der Waals surface area (Å²) in [5.41, 5.74) is 0. The maximum atomic E-state index is 9.10. The smallest absolute Gasteiger partial charge is 0.184 e. The molecule has 0 aliphatic rings. The van der Waals surface area contributed by atoms with Gasteiger partial charge >= 0.3 is 0 Å². The van der Waals surface area contributed by atoms with Crippen LogP contribution in [0.2, 0.25) is 0 Å². The van der Waals surface area contributed by atoms with Gasteiger partial charge in [0.25, 0.3) is 0 Å². The highest BCUT2D eigenvalue weighted by Gasteiger charge is 2.04. The lowest BCUT2D eigenvalue weighted by molar-refractivity contribution is 0.185. The van der Waals surface area contributed by atoms with Crippen molar-refractivity contribution in [2.24, 2.45) is 0 Å². The first-order valence-corrected chi connectivity index (χ1v) is 5.21. The fraction of sp³-hybridized carbons (Fsp3) is 0.667. The van der Waals surface area contributed by atoms with Crippen molar-refractivity contribution in [3.05, 3.63) is 11.1 Å². The van der Waals surface area contributed by atoms with Crippen LogP contribution in [0.1, 0.15) is 18.2 Å². The molecule has 0 unspecified atom stereocenters. The van der Waals surface area contributed by atoms with Crippen LogP contribution in [0.25, 0.3) is 0 Å². The van der Waals surface area contributed by atoms with E-state index in [1.54, 1.807) is 11.3 Å². The molecule has 0 saturated carbocycles. The van der Waals surface area contributed by atoms with Crippen LogP contribution in [0, 0.1) is 0 Å². The Balaban J connectivity index is 2.49. The van der Waals surface area contributed by atoms with Crippen LogP contribution in [0.15, 0.2) is 6.20 Å². The van der Waals surface area contributed by atoms with Crippen LogP contribution in [0.5, 0.6) is 0 Å². The number of aliphatic hydroxyl groups is 1. The van der Waals surface area contributed by atoms with Crippen molar-refractivity contribution < 1.29 is 5.11 Å². The highest BCUT2D eigenvalue weighted by atomic mass is 32.1. The Morgan fingerprint density at radius 3 is 2.77 bits per heavy atom. The molecule has 74 valence electrons. The lowest BCUT2D eigenvalue weighted by Crippen LogP contribution is -2.07. The van der Waals surface area contributed by atoms with Crippen molar-refractivity contribution in [2.75, 3.05) is 19.0 Å². The molecule has 1 atom stereocenters. The molecule has 1 aromatic heterocycles. The van der Waals surface area contributed by atoms with Crippen molar-refractivity contribution in [3.8, 4) is 0 Å². The van der Waals surface area contributed by atoms with E-state index in [0.29, 0.717) is 0 Å². The lowest BCUT2D eigenvalue weighted by atomic mass is 10.2. The Bertz CT molecular complexity index is 258. The van der Waals surface area contributed by atoms with Gasteiger partial charge in [0.2, 0.25) is 0 Å². The molecule has 1 N–H and O–H groups in total. The first-order valence-electron chi connectivity index (χ1n) is 4.39. The van der Waals surface area contributed by atoms with E-state index in [2.05, 4.69) is 4.98 Å². The van der Waals surface area contributed by atoms with E-state index in [-0.39, 0.29) is 6.10 Å². The molecule has 3 nitrogen and oxygen atoms in total. The summed E-state index contributed by atoms with van der Waals surface area (Å²) in [6.07, 6.45) is 3.41. The Morgan fingerprint density at radius 2 is 2.31 bits per heavy atom. The third-order valence-corrected chi connectivity index (χ3v) is 2.96. The molecule has 0 aliphatic carbocycles. The lowest BCUT2D eigenvalue weighted by Gasteiger charge is -2.05. The molecule has 4 heteroatoms. The number of aryl methyl sites for hydroxylation is 1. The average Bonchev–Trinajstić information content (AvgIpc) is 2.48. The Kier molecular flexibility index (Phi) is 3.69.